The second kappa shape index (κ2) is 4.79. The van der Waals surface area contributed by atoms with Crippen LogP contribution in [-0.2, 0) is 4.79 Å². The molecule has 2 aliphatic carbocycles. The Balaban J connectivity index is 1.70. The standard InChI is InChI=1S/C12H20N2O/c13-11-6-5-10(7-11)12(15)14-8-9-3-1-2-4-9/h5-6,9-11H,1-4,7-8,13H2,(H,14,15). The molecule has 2 rings (SSSR count). The third-order valence-electron chi connectivity index (χ3n) is 3.49. The maximum absolute atomic E-state index is 11.7. The number of hydrogen-bond donors (Lipinski definition) is 2. The normalized spacial score (nSPS) is 31.0. The summed E-state index contributed by atoms with van der Waals surface area (Å²) >= 11 is 0. The zero-order chi connectivity index (χ0) is 10.7. The van der Waals surface area contributed by atoms with Gasteiger partial charge in [0.2, 0.25) is 5.91 Å². The van der Waals surface area contributed by atoms with Gasteiger partial charge in [0.1, 0.15) is 0 Å². The van der Waals surface area contributed by atoms with Crippen LogP contribution >= 0.6 is 0 Å². The van der Waals surface area contributed by atoms with Crippen molar-refractivity contribution >= 4 is 5.91 Å². The molecule has 1 fully saturated rings. The van der Waals surface area contributed by atoms with Crippen LogP contribution < -0.4 is 11.1 Å². The number of hydrogen-bond acceptors (Lipinski definition) is 2. The molecule has 0 bridgehead atoms. The van der Waals surface area contributed by atoms with Crippen LogP contribution in [0.1, 0.15) is 32.1 Å². The van der Waals surface area contributed by atoms with Crippen molar-refractivity contribution in [2.75, 3.05) is 6.54 Å². The Bertz CT molecular complexity index is 256. The van der Waals surface area contributed by atoms with Gasteiger partial charge >= 0.3 is 0 Å². The highest BCUT2D eigenvalue weighted by molar-refractivity contribution is 5.81. The summed E-state index contributed by atoms with van der Waals surface area (Å²) in [5.74, 6) is 0.889. The predicted octanol–water partition coefficient (Wildman–Crippen LogP) is 1.20. The van der Waals surface area contributed by atoms with Gasteiger partial charge in [-0.2, -0.15) is 0 Å². The fraction of sp³-hybridized carbons (Fsp3) is 0.750. The van der Waals surface area contributed by atoms with Gasteiger partial charge in [0, 0.05) is 12.6 Å². The Morgan fingerprint density at radius 2 is 2.07 bits per heavy atom. The fourth-order valence-corrected chi connectivity index (χ4v) is 2.51. The zero-order valence-corrected chi connectivity index (χ0v) is 9.11. The van der Waals surface area contributed by atoms with Crippen molar-refractivity contribution < 1.29 is 4.79 Å². The smallest absolute Gasteiger partial charge is 0.227 e. The summed E-state index contributed by atoms with van der Waals surface area (Å²) in [6.07, 6.45) is 9.86. The van der Waals surface area contributed by atoms with E-state index in [9.17, 15) is 4.79 Å². The maximum Gasteiger partial charge on any atom is 0.227 e. The van der Waals surface area contributed by atoms with E-state index < -0.39 is 0 Å². The lowest BCUT2D eigenvalue weighted by molar-refractivity contribution is -0.123. The SMILES string of the molecule is NC1C=CC(C(=O)NCC2CCCC2)C1. The van der Waals surface area contributed by atoms with E-state index >= 15 is 0 Å². The van der Waals surface area contributed by atoms with Gasteiger partial charge < -0.3 is 11.1 Å². The summed E-state index contributed by atoms with van der Waals surface area (Å²) in [6.45, 7) is 0.860. The van der Waals surface area contributed by atoms with Crippen molar-refractivity contribution in [1.29, 1.82) is 0 Å². The van der Waals surface area contributed by atoms with E-state index in [1.807, 2.05) is 12.2 Å². The summed E-state index contributed by atoms with van der Waals surface area (Å²) in [4.78, 5) is 11.7. The molecular formula is C12H20N2O. The maximum atomic E-state index is 11.7. The first-order valence-electron chi connectivity index (χ1n) is 5.97. The fourth-order valence-electron chi connectivity index (χ4n) is 2.51. The van der Waals surface area contributed by atoms with Gasteiger partial charge in [0.15, 0.2) is 0 Å². The molecule has 0 radical (unpaired) electrons. The first-order valence-corrected chi connectivity index (χ1v) is 5.97. The van der Waals surface area contributed by atoms with Gasteiger partial charge in [-0.1, -0.05) is 25.0 Å². The van der Waals surface area contributed by atoms with E-state index in [0.717, 1.165) is 13.0 Å². The summed E-state index contributed by atoms with van der Waals surface area (Å²) in [5, 5.41) is 3.04. The lowest BCUT2D eigenvalue weighted by atomic mass is 10.1. The van der Waals surface area contributed by atoms with E-state index in [-0.39, 0.29) is 17.9 Å². The van der Waals surface area contributed by atoms with Crippen LogP contribution in [0, 0.1) is 11.8 Å². The highest BCUT2D eigenvalue weighted by Gasteiger charge is 2.23. The van der Waals surface area contributed by atoms with E-state index in [0.29, 0.717) is 5.92 Å². The molecule has 1 amide bonds. The van der Waals surface area contributed by atoms with Crippen molar-refractivity contribution in [2.45, 2.75) is 38.1 Å². The van der Waals surface area contributed by atoms with Crippen LogP contribution in [0.4, 0.5) is 0 Å². The van der Waals surface area contributed by atoms with Crippen molar-refractivity contribution in [3.8, 4) is 0 Å². The predicted molar refractivity (Wildman–Crippen MR) is 60.2 cm³/mol. The zero-order valence-electron chi connectivity index (χ0n) is 9.11. The minimum atomic E-state index is 0.0152. The van der Waals surface area contributed by atoms with E-state index in [2.05, 4.69) is 5.32 Å². The third kappa shape index (κ3) is 2.81. The van der Waals surface area contributed by atoms with Crippen molar-refractivity contribution in [3.05, 3.63) is 12.2 Å². The minimum absolute atomic E-state index is 0.0152. The van der Waals surface area contributed by atoms with E-state index in [4.69, 9.17) is 5.73 Å². The van der Waals surface area contributed by atoms with Crippen molar-refractivity contribution in [3.63, 3.8) is 0 Å². The molecular weight excluding hydrogens is 188 g/mol. The second-order valence-electron chi connectivity index (χ2n) is 4.79. The van der Waals surface area contributed by atoms with Gasteiger partial charge in [-0.05, 0) is 25.2 Å². The molecule has 0 aromatic heterocycles. The molecule has 15 heavy (non-hydrogen) atoms. The third-order valence-corrected chi connectivity index (χ3v) is 3.49. The molecule has 0 aromatic carbocycles. The number of carbonyl (C=O) groups excluding carboxylic acids is 1. The van der Waals surface area contributed by atoms with Gasteiger partial charge in [0.25, 0.3) is 0 Å². The summed E-state index contributed by atoms with van der Waals surface area (Å²) in [6, 6.07) is 0.0761. The van der Waals surface area contributed by atoms with Crippen LogP contribution in [-0.4, -0.2) is 18.5 Å². The Kier molecular flexibility index (Phi) is 3.41. The van der Waals surface area contributed by atoms with Crippen molar-refractivity contribution in [2.24, 2.45) is 17.6 Å². The Hall–Kier alpha value is -0.830. The Morgan fingerprint density at radius 1 is 1.33 bits per heavy atom. The summed E-state index contributed by atoms with van der Waals surface area (Å²) < 4.78 is 0. The lowest BCUT2D eigenvalue weighted by Gasteiger charge is -2.13. The number of rotatable bonds is 3. The van der Waals surface area contributed by atoms with Crippen LogP contribution in [0.25, 0.3) is 0 Å². The quantitative estimate of drug-likeness (QED) is 0.685. The molecule has 3 nitrogen and oxygen atoms in total. The Labute approximate surface area is 91.1 Å². The number of nitrogens with two attached hydrogens (primary N) is 1. The first kappa shape index (κ1) is 10.7. The average molecular weight is 208 g/mol. The molecule has 2 atom stereocenters. The monoisotopic (exact) mass is 208 g/mol. The van der Waals surface area contributed by atoms with Gasteiger partial charge in [-0.25, -0.2) is 0 Å². The molecule has 0 spiro atoms. The first-order chi connectivity index (χ1) is 7.25. The van der Waals surface area contributed by atoms with E-state index in [1.54, 1.807) is 0 Å². The molecule has 0 aromatic rings. The molecule has 0 saturated heterocycles. The lowest BCUT2D eigenvalue weighted by Crippen LogP contribution is -2.33. The highest BCUT2D eigenvalue weighted by atomic mass is 16.1. The molecule has 3 heteroatoms. The average Bonchev–Trinajstić information content (AvgIpc) is 2.84. The molecule has 2 unspecified atom stereocenters. The topological polar surface area (TPSA) is 55.1 Å². The molecule has 0 aliphatic heterocycles. The van der Waals surface area contributed by atoms with Gasteiger partial charge in [-0.3, -0.25) is 4.79 Å². The van der Waals surface area contributed by atoms with E-state index in [1.165, 1.54) is 25.7 Å². The van der Waals surface area contributed by atoms with Gasteiger partial charge in [-0.15, -0.1) is 0 Å². The molecule has 1 saturated carbocycles. The second-order valence-corrected chi connectivity index (χ2v) is 4.79. The highest BCUT2D eigenvalue weighted by Crippen LogP contribution is 2.24. The molecule has 2 aliphatic rings. The number of amides is 1. The summed E-state index contributed by atoms with van der Waals surface area (Å²) in [7, 11) is 0. The van der Waals surface area contributed by atoms with Gasteiger partial charge in [0.05, 0.1) is 5.92 Å². The Morgan fingerprint density at radius 3 is 2.67 bits per heavy atom. The van der Waals surface area contributed by atoms with Crippen LogP contribution in [0.5, 0.6) is 0 Å². The minimum Gasteiger partial charge on any atom is -0.355 e. The number of carbonyl (C=O) groups is 1. The van der Waals surface area contributed by atoms with Crippen molar-refractivity contribution in [1.82, 2.24) is 5.32 Å². The van der Waals surface area contributed by atoms with Crippen LogP contribution in [0.15, 0.2) is 12.2 Å². The van der Waals surface area contributed by atoms with Crippen LogP contribution in [0.3, 0.4) is 0 Å². The molecule has 84 valence electrons. The molecule has 3 N–H and O–H groups in total. The molecule has 0 heterocycles. The summed E-state index contributed by atoms with van der Waals surface area (Å²) in [5.41, 5.74) is 5.71. The number of nitrogens with one attached hydrogen (secondary N) is 1. The van der Waals surface area contributed by atoms with Crippen LogP contribution in [0.2, 0.25) is 0 Å². The largest absolute Gasteiger partial charge is 0.355 e.